The van der Waals surface area contributed by atoms with Crippen LogP contribution in [-0.4, -0.2) is 24.5 Å². The maximum absolute atomic E-state index is 12.9. The number of hydrogen-bond acceptors (Lipinski definition) is 5. The highest BCUT2D eigenvalue weighted by Crippen LogP contribution is 2.23. The van der Waals surface area contributed by atoms with E-state index < -0.39 is 21.8 Å². The Morgan fingerprint density at radius 3 is 2.68 bits per heavy atom. The highest BCUT2D eigenvalue weighted by molar-refractivity contribution is 7.94. The van der Waals surface area contributed by atoms with Gasteiger partial charge in [0, 0.05) is 11.4 Å². The molecule has 0 aliphatic carbocycles. The maximum atomic E-state index is 12.9. The van der Waals surface area contributed by atoms with Crippen molar-refractivity contribution in [2.24, 2.45) is 0 Å². The molecule has 100 valence electrons. The van der Waals surface area contributed by atoms with Gasteiger partial charge in [0.05, 0.1) is 23.6 Å². The lowest BCUT2D eigenvalue weighted by Gasteiger charge is -2.05. The van der Waals surface area contributed by atoms with E-state index in [0.717, 1.165) is 35.9 Å². The number of nitrogens with zero attached hydrogens (tertiary/aromatic N) is 1. The van der Waals surface area contributed by atoms with E-state index in [1.807, 2.05) is 0 Å². The van der Waals surface area contributed by atoms with Crippen molar-refractivity contribution in [1.29, 1.82) is 0 Å². The zero-order valence-electron chi connectivity index (χ0n) is 9.20. The fourth-order valence-corrected chi connectivity index (χ4v) is 3.43. The van der Waals surface area contributed by atoms with Crippen LogP contribution in [0.25, 0.3) is 0 Å². The zero-order valence-corrected chi connectivity index (χ0v) is 10.8. The quantitative estimate of drug-likeness (QED) is 0.897. The monoisotopic (exact) mass is 302 g/mol. The fourth-order valence-electron chi connectivity index (χ4n) is 1.24. The Morgan fingerprint density at radius 1 is 1.37 bits per heavy atom. The van der Waals surface area contributed by atoms with Crippen molar-refractivity contribution in [3.05, 3.63) is 41.3 Å². The summed E-state index contributed by atoms with van der Waals surface area (Å²) in [5.41, 5.74) is -0.159. The van der Waals surface area contributed by atoms with Gasteiger partial charge in [-0.3, -0.25) is 9.71 Å². The average molecular weight is 302 g/mol. The minimum atomic E-state index is -3.94. The van der Waals surface area contributed by atoms with Crippen LogP contribution in [0.5, 0.6) is 0 Å². The van der Waals surface area contributed by atoms with Crippen LogP contribution in [0.2, 0.25) is 0 Å². The third-order valence-corrected chi connectivity index (χ3v) is 4.87. The van der Waals surface area contributed by atoms with E-state index in [9.17, 15) is 17.6 Å². The topological polar surface area (TPSA) is 96.4 Å². The SMILES string of the molecule is O=C(O)c1csc(S(=O)(=O)Nc2cncc(F)c2)c1. The number of aromatic nitrogens is 1. The molecule has 0 amide bonds. The number of thiophene rings is 1. The highest BCUT2D eigenvalue weighted by atomic mass is 32.2. The second-order valence-corrected chi connectivity index (χ2v) is 6.28. The number of rotatable bonds is 4. The number of nitrogens with one attached hydrogen (secondary N) is 1. The van der Waals surface area contributed by atoms with E-state index in [-0.39, 0.29) is 15.5 Å². The number of carboxylic acid groups (broad SMARTS) is 1. The molecule has 2 rings (SSSR count). The molecule has 19 heavy (non-hydrogen) atoms. The minimum absolute atomic E-state index is 0.0368. The van der Waals surface area contributed by atoms with E-state index in [4.69, 9.17) is 5.11 Å². The summed E-state index contributed by atoms with van der Waals surface area (Å²) < 4.78 is 38.6. The molecule has 9 heteroatoms. The molecular weight excluding hydrogens is 295 g/mol. The molecule has 0 fully saturated rings. The summed E-state index contributed by atoms with van der Waals surface area (Å²) in [5.74, 6) is -1.90. The number of sulfonamides is 1. The Morgan fingerprint density at radius 2 is 2.11 bits per heavy atom. The third kappa shape index (κ3) is 3.06. The first-order valence-electron chi connectivity index (χ1n) is 4.84. The Bertz CT molecular complexity index is 727. The molecule has 0 bridgehead atoms. The fraction of sp³-hybridized carbons (Fsp3) is 0. The van der Waals surface area contributed by atoms with E-state index in [0.29, 0.717) is 0 Å². The Hall–Kier alpha value is -2.00. The summed E-state index contributed by atoms with van der Waals surface area (Å²) in [7, 11) is -3.94. The summed E-state index contributed by atoms with van der Waals surface area (Å²) in [6.07, 6.45) is 2.08. The molecule has 0 unspecified atom stereocenters. The van der Waals surface area contributed by atoms with Gasteiger partial charge in [0.15, 0.2) is 0 Å². The molecule has 2 N–H and O–H groups in total. The predicted molar refractivity (Wildman–Crippen MR) is 66.3 cm³/mol. The standard InChI is InChI=1S/C10H7FN2O4S2/c11-7-2-8(4-12-3-7)13-19(16,17)9-1-6(5-18-9)10(14)15/h1-5,13H,(H,14,15). The van der Waals surface area contributed by atoms with Crippen LogP contribution >= 0.6 is 11.3 Å². The van der Waals surface area contributed by atoms with Gasteiger partial charge < -0.3 is 5.11 Å². The van der Waals surface area contributed by atoms with E-state index >= 15 is 0 Å². The van der Waals surface area contributed by atoms with Crippen molar-refractivity contribution in [2.45, 2.75) is 4.21 Å². The second-order valence-electron chi connectivity index (χ2n) is 3.46. The highest BCUT2D eigenvalue weighted by Gasteiger charge is 2.19. The van der Waals surface area contributed by atoms with Crippen LogP contribution in [0.3, 0.4) is 0 Å². The number of pyridine rings is 1. The van der Waals surface area contributed by atoms with Crippen molar-refractivity contribution in [2.75, 3.05) is 4.72 Å². The van der Waals surface area contributed by atoms with Gasteiger partial charge in [-0.1, -0.05) is 0 Å². The van der Waals surface area contributed by atoms with Crippen molar-refractivity contribution in [3.8, 4) is 0 Å². The summed E-state index contributed by atoms with van der Waals surface area (Å²) in [6, 6.07) is 2.00. The molecule has 0 atom stereocenters. The lowest BCUT2D eigenvalue weighted by molar-refractivity contribution is 0.0697. The molecule has 2 aromatic rings. The van der Waals surface area contributed by atoms with Crippen molar-refractivity contribution >= 4 is 33.0 Å². The normalized spacial score (nSPS) is 11.2. The molecule has 2 heterocycles. The smallest absolute Gasteiger partial charge is 0.336 e. The van der Waals surface area contributed by atoms with Crippen LogP contribution in [0.4, 0.5) is 10.1 Å². The predicted octanol–water partition coefficient (Wildman–Crippen LogP) is 1.78. The van der Waals surface area contributed by atoms with E-state index in [1.54, 1.807) is 0 Å². The minimum Gasteiger partial charge on any atom is -0.478 e. The first-order chi connectivity index (χ1) is 8.88. The van der Waals surface area contributed by atoms with Crippen molar-refractivity contribution in [3.63, 3.8) is 0 Å². The third-order valence-electron chi connectivity index (χ3n) is 2.04. The van der Waals surface area contributed by atoms with Crippen LogP contribution in [0.1, 0.15) is 10.4 Å². The van der Waals surface area contributed by atoms with E-state index in [2.05, 4.69) is 9.71 Å². The van der Waals surface area contributed by atoms with Crippen LogP contribution in [-0.2, 0) is 10.0 Å². The van der Waals surface area contributed by atoms with Crippen LogP contribution < -0.4 is 4.72 Å². The maximum Gasteiger partial charge on any atom is 0.336 e. The number of halogens is 1. The van der Waals surface area contributed by atoms with Crippen molar-refractivity contribution < 1.29 is 22.7 Å². The number of carbonyl (C=O) groups is 1. The summed E-state index contributed by atoms with van der Waals surface area (Å²) in [6.45, 7) is 0. The summed E-state index contributed by atoms with van der Waals surface area (Å²) in [5, 5.41) is 9.93. The Kier molecular flexibility index (Phi) is 3.49. The van der Waals surface area contributed by atoms with Gasteiger partial charge >= 0.3 is 5.97 Å². The van der Waals surface area contributed by atoms with Gasteiger partial charge in [0.2, 0.25) is 0 Å². The molecule has 0 saturated heterocycles. The molecule has 0 aliphatic rings. The number of hydrogen-bond donors (Lipinski definition) is 2. The van der Waals surface area contributed by atoms with Gasteiger partial charge in [0.1, 0.15) is 10.0 Å². The lowest BCUT2D eigenvalue weighted by Crippen LogP contribution is -2.12. The molecule has 0 radical (unpaired) electrons. The largest absolute Gasteiger partial charge is 0.478 e. The van der Waals surface area contributed by atoms with Gasteiger partial charge in [-0.15, -0.1) is 11.3 Å². The molecule has 0 saturated carbocycles. The van der Waals surface area contributed by atoms with Gasteiger partial charge in [-0.05, 0) is 6.07 Å². The first kappa shape index (κ1) is 13.4. The lowest BCUT2D eigenvalue weighted by atomic mass is 10.4. The molecule has 0 aliphatic heterocycles. The molecule has 2 aromatic heterocycles. The zero-order chi connectivity index (χ0) is 14.0. The summed E-state index contributed by atoms with van der Waals surface area (Å²) >= 11 is 0.763. The van der Waals surface area contributed by atoms with Crippen LogP contribution in [0.15, 0.2) is 34.1 Å². The number of carboxylic acids is 1. The van der Waals surface area contributed by atoms with Crippen molar-refractivity contribution in [1.82, 2.24) is 4.98 Å². The van der Waals surface area contributed by atoms with E-state index in [1.165, 1.54) is 5.38 Å². The molecule has 6 nitrogen and oxygen atoms in total. The Balaban J connectivity index is 2.29. The molecular formula is C10H7FN2O4S2. The average Bonchev–Trinajstić information content (AvgIpc) is 2.78. The number of anilines is 1. The molecule has 0 spiro atoms. The summed E-state index contributed by atoms with van der Waals surface area (Å²) in [4.78, 5) is 14.2. The van der Waals surface area contributed by atoms with Gasteiger partial charge in [-0.25, -0.2) is 17.6 Å². The second kappa shape index (κ2) is 4.94. The Labute approximate surface area is 111 Å². The molecule has 0 aromatic carbocycles. The number of aromatic carboxylic acids is 1. The van der Waals surface area contributed by atoms with Gasteiger partial charge in [0.25, 0.3) is 10.0 Å². The van der Waals surface area contributed by atoms with Crippen LogP contribution in [0, 0.1) is 5.82 Å². The van der Waals surface area contributed by atoms with Gasteiger partial charge in [-0.2, -0.15) is 0 Å². The first-order valence-corrected chi connectivity index (χ1v) is 7.20.